The number of nitrogens with one attached hydrogen (secondary N) is 1. The second kappa shape index (κ2) is 5.29. The molecule has 4 nitrogen and oxygen atoms in total. The minimum atomic E-state index is -0.00110. The van der Waals surface area contributed by atoms with Crippen LogP contribution in [0, 0.1) is 34.5 Å². The largest absolute Gasteiger partial charge is 0.411 e. The van der Waals surface area contributed by atoms with Gasteiger partial charge in [-0.2, -0.15) is 0 Å². The maximum Gasteiger partial charge on any atom is 0.139 e. The summed E-state index contributed by atoms with van der Waals surface area (Å²) in [4.78, 5) is 12.4. The van der Waals surface area contributed by atoms with Crippen LogP contribution in [0.15, 0.2) is 5.22 Å². The van der Waals surface area contributed by atoms with E-state index in [2.05, 4.69) is 24.5 Å². The summed E-state index contributed by atoms with van der Waals surface area (Å²) in [6.07, 6.45) is 10.4. The van der Waals surface area contributed by atoms with Gasteiger partial charge >= 0.3 is 0 Å². The Morgan fingerprint density at radius 2 is 1.91 bits per heavy atom. The van der Waals surface area contributed by atoms with Crippen molar-refractivity contribution >= 4 is 5.78 Å². The predicted octanol–water partition coefficient (Wildman–Crippen LogP) is 4.49. The third-order valence-electron chi connectivity index (χ3n) is 8.62. The first-order chi connectivity index (χ1) is 11.0. The number of rotatable bonds is 2. The maximum absolute atomic E-state index is 12.4. The van der Waals surface area contributed by atoms with Crippen LogP contribution in [0.4, 0.5) is 0 Å². The number of nitrogens with zero attached hydrogens (tertiary/aromatic N) is 2. The summed E-state index contributed by atoms with van der Waals surface area (Å²) < 4.78 is 0. The van der Waals surface area contributed by atoms with Gasteiger partial charge in [-0.05, 0) is 86.5 Å². The third kappa shape index (κ3) is 2.12. The van der Waals surface area contributed by atoms with Crippen LogP contribution in [0.5, 0.6) is 0 Å². The van der Waals surface area contributed by atoms with E-state index in [4.69, 9.17) is 5.53 Å². The highest BCUT2D eigenvalue weighted by atomic mass is 16.1. The maximum atomic E-state index is 12.4. The summed E-state index contributed by atoms with van der Waals surface area (Å²) in [5.41, 5.74) is 12.1. The quantitative estimate of drug-likeness (QED) is 0.602. The highest BCUT2D eigenvalue weighted by Crippen LogP contribution is 2.65. The molecule has 128 valence electrons. The van der Waals surface area contributed by atoms with Crippen molar-refractivity contribution in [3.8, 4) is 0 Å². The van der Waals surface area contributed by atoms with Gasteiger partial charge in [0.05, 0.1) is 0 Å². The Hall–Kier alpha value is -0.930. The fraction of sp³-hybridized carbons (Fsp3) is 0.947. The Kier molecular flexibility index (Phi) is 3.58. The summed E-state index contributed by atoms with van der Waals surface area (Å²) >= 11 is 0. The van der Waals surface area contributed by atoms with Crippen LogP contribution in [0.3, 0.4) is 0 Å². The summed E-state index contributed by atoms with van der Waals surface area (Å²) in [5, 5.41) is 3.17. The molecule has 4 saturated carbocycles. The molecule has 0 saturated heterocycles. The monoisotopic (exact) mass is 316 g/mol. The van der Waals surface area contributed by atoms with Crippen molar-refractivity contribution in [1.29, 1.82) is 0 Å². The lowest BCUT2D eigenvalue weighted by molar-refractivity contribution is -0.139. The fourth-order valence-corrected chi connectivity index (χ4v) is 7.23. The molecule has 0 amide bonds. The topological polar surface area (TPSA) is 63.8 Å². The molecule has 1 N–H and O–H groups in total. The van der Waals surface area contributed by atoms with E-state index in [-0.39, 0.29) is 5.41 Å². The lowest BCUT2D eigenvalue weighted by Crippen LogP contribution is -2.54. The van der Waals surface area contributed by atoms with Crippen molar-refractivity contribution in [2.75, 3.05) is 0 Å². The van der Waals surface area contributed by atoms with E-state index in [1.54, 1.807) is 0 Å². The molecule has 0 bridgehead atoms. The summed E-state index contributed by atoms with van der Waals surface area (Å²) in [5.74, 6) is 3.52. The number of carbonyl (C=O) groups excluding carboxylic acids is 1. The van der Waals surface area contributed by atoms with Crippen molar-refractivity contribution in [1.82, 2.24) is 5.43 Å². The molecule has 0 aromatic rings. The zero-order valence-corrected chi connectivity index (χ0v) is 14.6. The Labute approximate surface area is 139 Å². The fourth-order valence-electron chi connectivity index (χ4n) is 7.23. The van der Waals surface area contributed by atoms with Gasteiger partial charge in [-0.25, -0.2) is 0 Å². The van der Waals surface area contributed by atoms with E-state index in [0.29, 0.717) is 23.2 Å². The van der Waals surface area contributed by atoms with Crippen LogP contribution in [-0.2, 0) is 4.79 Å². The number of hydrogen-bond acceptors (Lipinski definition) is 2. The third-order valence-corrected chi connectivity index (χ3v) is 8.62. The molecular formula is C19H30N3O-. The van der Waals surface area contributed by atoms with Crippen molar-refractivity contribution in [2.45, 2.75) is 77.7 Å². The van der Waals surface area contributed by atoms with Gasteiger partial charge in [0.15, 0.2) is 0 Å². The zero-order chi connectivity index (χ0) is 16.2. The van der Waals surface area contributed by atoms with Crippen molar-refractivity contribution in [3.05, 3.63) is 5.53 Å². The van der Waals surface area contributed by atoms with Gasteiger partial charge in [0, 0.05) is 11.8 Å². The lowest BCUT2D eigenvalue weighted by Gasteiger charge is -2.60. The zero-order valence-electron chi connectivity index (χ0n) is 14.6. The second-order valence-corrected chi connectivity index (χ2v) is 9.28. The number of Topliss-reactive ketones (excluding diaryl/α,β-unsaturated/α-hetero) is 1. The Morgan fingerprint density at radius 3 is 2.70 bits per heavy atom. The molecule has 4 rings (SSSR count). The van der Waals surface area contributed by atoms with E-state index >= 15 is 0 Å². The molecule has 23 heavy (non-hydrogen) atoms. The SMILES string of the molecule is C[C@]12CC[C@H](NN=[N-])C[C@@H]1CC[C@H]1[C@H]3CCC(=O)[C@@]3(C)CC[C@@H]12. The van der Waals surface area contributed by atoms with Crippen molar-refractivity contribution < 1.29 is 4.79 Å². The summed E-state index contributed by atoms with van der Waals surface area (Å²) in [7, 11) is 0. The van der Waals surface area contributed by atoms with Crippen molar-refractivity contribution in [2.24, 2.45) is 39.7 Å². The minimum Gasteiger partial charge on any atom is -0.411 e. The molecular weight excluding hydrogens is 286 g/mol. The molecule has 0 aromatic heterocycles. The van der Waals surface area contributed by atoms with E-state index in [0.717, 1.165) is 49.9 Å². The Bertz CT molecular complexity index is 521. The Balaban J connectivity index is 1.57. The highest BCUT2D eigenvalue weighted by Gasteiger charge is 2.59. The summed E-state index contributed by atoms with van der Waals surface area (Å²) in [6.45, 7) is 4.79. The molecule has 4 aliphatic carbocycles. The number of carbonyl (C=O) groups is 1. The summed E-state index contributed by atoms with van der Waals surface area (Å²) in [6, 6.07) is 0.344. The van der Waals surface area contributed by atoms with Gasteiger partial charge in [0.25, 0.3) is 0 Å². The van der Waals surface area contributed by atoms with Gasteiger partial charge in [-0.3, -0.25) is 10.0 Å². The molecule has 0 aromatic carbocycles. The van der Waals surface area contributed by atoms with E-state index in [1.807, 2.05) is 0 Å². The van der Waals surface area contributed by atoms with Gasteiger partial charge < -0.3 is 11.0 Å². The normalized spacial score (nSPS) is 52.3. The van der Waals surface area contributed by atoms with Crippen molar-refractivity contribution in [3.63, 3.8) is 0 Å². The smallest absolute Gasteiger partial charge is 0.139 e. The first kappa shape index (κ1) is 15.6. The van der Waals surface area contributed by atoms with Crippen LogP contribution in [0.2, 0.25) is 0 Å². The molecule has 0 unspecified atom stereocenters. The van der Waals surface area contributed by atoms with Gasteiger partial charge in [0.2, 0.25) is 0 Å². The first-order valence-electron chi connectivity index (χ1n) is 9.62. The first-order valence-corrected chi connectivity index (χ1v) is 9.62. The molecule has 0 heterocycles. The van der Waals surface area contributed by atoms with E-state index < -0.39 is 0 Å². The average Bonchev–Trinajstić information content (AvgIpc) is 2.84. The number of fused-ring (bicyclic) bond motifs is 5. The minimum absolute atomic E-state index is 0.00110. The highest BCUT2D eigenvalue weighted by molar-refractivity contribution is 5.87. The van der Waals surface area contributed by atoms with Crippen LogP contribution >= 0.6 is 0 Å². The van der Waals surface area contributed by atoms with Gasteiger partial charge in [-0.15, -0.1) is 0 Å². The number of hydrogen-bond donors (Lipinski definition) is 1. The van der Waals surface area contributed by atoms with Gasteiger partial charge in [-0.1, -0.05) is 13.8 Å². The van der Waals surface area contributed by atoms with Crippen LogP contribution in [0.1, 0.15) is 71.6 Å². The van der Waals surface area contributed by atoms with Gasteiger partial charge in [0.1, 0.15) is 5.78 Å². The lowest BCUT2D eigenvalue weighted by atomic mass is 9.45. The van der Waals surface area contributed by atoms with E-state index in [9.17, 15) is 4.79 Å². The van der Waals surface area contributed by atoms with E-state index in [1.165, 1.54) is 25.7 Å². The number of ketones is 1. The van der Waals surface area contributed by atoms with Crippen LogP contribution < -0.4 is 5.43 Å². The van der Waals surface area contributed by atoms with Crippen LogP contribution in [0.25, 0.3) is 5.53 Å². The molecule has 0 aliphatic heterocycles. The molecule has 0 spiro atoms. The molecule has 0 radical (unpaired) electrons. The molecule has 4 fully saturated rings. The van der Waals surface area contributed by atoms with Crippen LogP contribution in [-0.4, -0.2) is 11.8 Å². The second-order valence-electron chi connectivity index (χ2n) is 9.28. The molecule has 4 aliphatic rings. The molecule has 4 heteroatoms. The Morgan fingerprint density at radius 1 is 1.09 bits per heavy atom. The predicted molar refractivity (Wildman–Crippen MR) is 89.4 cm³/mol. The standard InChI is InChI=1S/C19H30N3O/c1-18-9-7-13(21-22-20)11-12(18)3-4-14-15-5-6-17(23)19(15,2)10-8-16(14)18/h12-16H,3-11H2,1-2H3,(H-,20,21)/q-1/t12-,13-,14-,15+,16-,18-,19-/m0/s1. The average molecular weight is 316 g/mol. The molecule has 7 atom stereocenters.